The molecule has 1 N–H and O–H groups in total. The maximum Gasteiger partial charge on any atom is 0.255 e. The number of nitrogens with zero attached hydrogens (tertiary/aromatic N) is 2. The van der Waals surface area contributed by atoms with Crippen molar-refractivity contribution in [3.63, 3.8) is 0 Å². The number of hydrogen-bond donors (Lipinski definition) is 1. The predicted octanol–water partition coefficient (Wildman–Crippen LogP) is 5.18. The second-order valence-corrected chi connectivity index (χ2v) is 7.49. The molecule has 0 spiro atoms. The number of rotatable bonds is 5. The van der Waals surface area contributed by atoms with E-state index < -0.39 is 0 Å². The smallest absolute Gasteiger partial charge is 0.255 e. The van der Waals surface area contributed by atoms with Crippen molar-refractivity contribution in [2.24, 2.45) is 0 Å². The Morgan fingerprint density at radius 2 is 1.83 bits per heavy atom. The molecule has 1 aliphatic heterocycles. The van der Waals surface area contributed by atoms with E-state index in [1.807, 2.05) is 37.3 Å². The molecule has 2 aromatic carbocycles. The van der Waals surface area contributed by atoms with E-state index in [0.29, 0.717) is 12.2 Å². The summed E-state index contributed by atoms with van der Waals surface area (Å²) in [6, 6.07) is 15.3. The lowest BCUT2D eigenvalue weighted by Gasteiger charge is -2.28. The fourth-order valence-corrected chi connectivity index (χ4v) is 3.81. The minimum Gasteiger partial charge on any atom is -0.494 e. The van der Waals surface area contributed by atoms with Gasteiger partial charge in [-0.3, -0.25) is 4.79 Å². The van der Waals surface area contributed by atoms with Crippen LogP contribution in [-0.2, 0) is 0 Å². The predicted molar refractivity (Wildman–Crippen MR) is 118 cm³/mol. The lowest BCUT2D eigenvalue weighted by atomic mass is 10.1. The van der Waals surface area contributed by atoms with E-state index in [9.17, 15) is 4.79 Å². The molecule has 0 atom stereocenters. The maximum atomic E-state index is 12.6. The van der Waals surface area contributed by atoms with Crippen molar-refractivity contribution >= 4 is 28.3 Å². The number of carbonyl (C=O) groups excluding carboxylic acids is 1. The Morgan fingerprint density at radius 3 is 2.55 bits per heavy atom. The van der Waals surface area contributed by atoms with Crippen molar-refractivity contribution in [1.82, 2.24) is 4.98 Å². The first-order valence-corrected chi connectivity index (χ1v) is 10.3. The number of fused-ring (bicyclic) bond motifs is 1. The first kappa shape index (κ1) is 19.2. The number of anilines is 2. The number of piperidine rings is 1. The molecule has 29 heavy (non-hydrogen) atoms. The Balaban J connectivity index is 1.53. The number of amides is 1. The molecule has 5 heteroatoms. The van der Waals surface area contributed by atoms with Gasteiger partial charge in [0.25, 0.3) is 5.91 Å². The Labute approximate surface area is 171 Å². The molecule has 1 aromatic heterocycles. The summed E-state index contributed by atoms with van der Waals surface area (Å²) in [6.07, 6.45) is 3.77. The average molecular weight is 389 g/mol. The van der Waals surface area contributed by atoms with Gasteiger partial charge in [0.05, 0.1) is 12.1 Å². The molecule has 1 saturated heterocycles. The van der Waals surface area contributed by atoms with Crippen LogP contribution < -0.4 is 15.0 Å². The Kier molecular flexibility index (Phi) is 5.65. The maximum absolute atomic E-state index is 12.6. The monoisotopic (exact) mass is 389 g/mol. The number of carbonyl (C=O) groups is 1. The highest BCUT2D eigenvalue weighted by atomic mass is 16.5. The summed E-state index contributed by atoms with van der Waals surface area (Å²) in [4.78, 5) is 19.8. The lowest BCUT2D eigenvalue weighted by molar-refractivity contribution is 0.102. The van der Waals surface area contributed by atoms with Gasteiger partial charge in [0.2, 0.25) is 0 Å². The molecule has 0 bridgehead atoms. The van der Waals surface area contributed by atoms with E-state index in [4.69, 9.17) is 9.72 Å². The number of aromatic nitrogens is 1. The molecular formula is C24H27N3O2. The highest BCUT2D eigenvalue weighted by molar-refractivity contribution is 6.05. The highest BCUT2D eigenvalue weighted by Crippen LogP contribution is 2.27. The number of aryl methyl sites for hydroxylation is 1. The molecule has 5 nitrogen and oxygen atoms in total. The van der Waals surface area contributed by atoms with Crippen LogP contribution in [0.2, 0.25) is 0 Å². The van der Waals surface area contributed by atoms with Gasteiger partial charge in [0, 0.05) is 29.7 Å². The molecule has 1 aliphatic rings. The SMILES string of the molecule is CCOc1ccc(C(=O)Nc2ccc3nc(N4CCCCC4)cc(C)c3c2)cc1. The van der Waals surface area contributed by atoms with Crippen LogP contribution in [0.5, 0.6) is 5.75 Å². The van der Waals surface area contributed by atoms with Crippen LogP contribution >= 0.6 is 0 Å². The highest BCUT2D eigenvalue weighted by Gasteiger charge is 2.14. The number of nitrogens with one attached hydrogen (secondary N) is 1. The van der Waals surface area contributed by atoms with Gasteiger partial charge in [0.15, 0.2) is 0 Å². The third-order valence-electron chi connectivity index (χ3n) is 5.37. The zero-order valence-corrected chi connectivity index (χ0v) is 17.1. The summed E-state index contributed by atoms with van der Waals surface area (Å²) in [5.74, 6) is 1.68. The molecule has 2 heterocycles. The molecule has 0 unspecified atom stereocenters. The van der Waals surface area contributed by atoms with Crippen molar-refractivity contribution < 1.29 is 9.53 Å². The van der Waals surface area contributed by atoms with Gasteiger partial charge in [0.1, 0.15) is 11.6 Å². The average Bonchev–Trinajstić information content (AvgIpc) is 2.75. The van der Waals surface area contributed by atoms with E-state index in [1.54, 1.807) is 12.1 Å². The van der Waals surface area contributed by atoms with E-state index >= 15 is 0 Å². The van der Waals surface area contributed by atoms with Crippen LogP contribution in [0.15, 0.2) is 48.5 Å². The molecule has 3 aromatic rings. The van der Waals surface area contributed by atoms with E-state index in [2.05, 4.69) is 23.2 Å². The lowest BCUT2D eigenvalue weighted by Crippen LogP contribution is -2.30. The van der Waals surface area contributed by atoms with Gasteiger partial charge in [-0.2, -0.15) is 0 Å². The topological polar surface area (TPSA) is 54.5 Å². The van der Waals surface area contributed by atoms with Gasteiger partial charge in [-0.25, -0.2) is 4.98 Å². The fourth-order valence-electron chi connectivity index (χ4n) is 3.81. The Morgan fingerprint density at radius 1 is 1.07 bits per heavy atom. The number of benzene rings is 2. The molecular weight excluding hydrogens is 362 g/mol. The van der Waals surface area contributed by atoms with Crippen molar-refractivity contribution in [2.45, 2.75) is 33.1 Å². The summed E-state index contributed by atoms with van der Waals surface area (Å²) >= 11 is 0. The van der Waals surface area contributed by atoms with Crippen LogP contribution in [0.1, 0.15) is 42.1 Å². The van der Waals surface area contributed by atoms with Crippen molar-refractivity contribution in [1.29, 1.82) is 0 Å². The van der Waals surface area contributed by atoms with Gasteiger partial charge < -0.3 is 15.0 Å². The summed E-state index contributed by atoms with van der Waals surface area (Å²) in [6.45, 7) is 6.81. The van der Waals surface area contributed by atoms with Crippen LogP contribution in [0.4, 0.5) is 11.5 Å². The minimum absolute atomic E-state index is 0.136. The Bertz CT molecular complexity index is 1010. The second kappa shape index (κ2) is 8.52. The minimum atomic E-state index is -0.136. The molecule has 0 aliphatic carbocycles. The summed E-state index contributed by atoms with van der Waals surface area (Å²) in [5.41, 5.74) is 3.51. The van der Waals surface area contributed by atoms with E-state index in [1.165, 1.54) is 24.8 Å². The van der Waals surface area contributed by atoms with Gasteiger partial charge in [-0.15, -0.1) is 0 Å². The van der Waals surface area contributed by atoms with Crippen LogP contribution in [-0.4, -0.2) is 30.6 Å². The first-order chi connectivity index (χ1) is 14.1. The first-order valence-electron chi connectivity index (χ1n) is 10.3. The van der Waals surface area contributed by atoms with Crippen molar-refractivity contribution in [3.05, 3.63) is 59.7 Å². The zero-order chi connectivity index (χ0) is 20.2. The Hall–Kier alpha value is -3.08. The van der Waals surface area contributed by atoms with E-state index in [0.717, 1.165) is 41.2 Å². The summed E-state index contributed by atoms with van der Waals surface area (Å²) in [7, 11) is 0. The molecule has 150 valence electrons. The normalized spacial score (nSPS) is 14.1. The van der Waals surface area contributed by atoms with Crippen LogP contribution in [0.25, 0.3) is 10.9 Å². The molecule has 0 radical (unpaired) electrons. The summed E-state index contributed by atoms with van der Waals surface area (Å²) < 4.78 is 5.43. The number of pyridine rings is 1. The third-order valence-corrected chi connectivity index (χ3v) is 5.37. The van der Waals surface area contributed by atoms with Crippen LogP contribution in [0.3, 0.4) is 0 Å². The van der Waals surface area contributed by atoms with Gasteiger partial charge in [-0.05, 0) is 87.2 Å². The fraction of sp³-hybridized carbons (Fsp3) is 0.333. The second-order valence-electron chi connectivity index (χ2n) is 7.49. The molecule has 4 rings (SSSR count). The summed E-state index contributed by atoms with van der Waals surface area (Å²) in [5, 5.41) is 4.05. The quantitative estimate of drug-likeness (QED) is 0.653. The molecule has 1 amide bonds. The zero-order valence-electron chi connectivity index (χ0n) is 17.1. The molecule has 1 fully saturated rings. The van der Waals surface area contributed by atoms with Crippen molar-refractivity contribution in [3.8, 4) is 5.75 Å². The van der Waals surface area contributed by atoms with Gasteiger partial charge in [-0.1, -0.05) is 0 Å². The standard InChI is InChI=1S/C24H27N3O2/c1-3-29-20-10-7-18(8-11-20)24(28)25-19-9-12-22-21(16-19)17(2)15-23(26-22)27-13-5-4-6-14-27/h7-12,15-16H,3-6,13-14H2,1-2H3,(H,25,28). The number of hydrogen-bond acceptors (Lipinski definition) is 4. The largest absolute Gasteiger partial charge is 0.494 e. The van der Waals surface area contributed by atoms with Crippen molar-refractivity contribution in [2.75, 3.05) is 29.9 Å². The third kappa shape index (κ3) is 4.34. The number of ether oxygens (including phenoxy) is 1. The molecule has 0 saturated carbocycles. The van der Waals surface area contributed by atoms with E-state index in [-0.39, 0.29) is 5.91 Å². The van der Waals surface area contributed by atoms with Gasteiger partial charge >= 0.3 is 0 Å². The van der Waals surface area contributed by atoms with Crippen LogP contribution in [0, 0.1) is 6.92 Å².